The fraction of sp³-hybridized carbons (Fsp3) is 0.393. The molecule has 1 aliphatic rings. The van der Waals surface area contributed by atoms with Gasteiger partial charge in [-0.15, -0.1) is 0 Å². The SMILES string of the molecule is C=CC(=O)N1C=NC(C(=O)N(c2ccc(C(C)(C)C)cc2)C(C(=O)NC(C)(C)C)c2cccnc2)C1. The highest BCUT2D eigenvalue weighted by Crippen LogP contribution is 2.32. The lowest BCUT2D eigenvalue weighted by Gasteiger charge is -2.35. The molecule has 1 aliphatic heterocycles. The Morgan fingerprint density at radius 1 is 1.11 bits per heavy atom. The van der Waals surface area contributed by atoms with E-state index in [0.717, 1.165) is 5.56 Å². The smallest absolute Gasteiger partial charge is 0.254 e. The number of rotatable bonds is 6. The summed E-state index contributed by atoms with van der Waals surface area (Å²) < 4.78 is 0. The quantitative estimate of drug-likeness (QED) is 0.625. The van der Waals surface area contributed by atoms with Crippen molar-refractivity contribution >= 4 is 29.7 Å². The van der Waals surface area contributed by atoms with Gasteiger partial charge in [0.05, 0.1) is 12.9 Å². The Morgan fingerprint density at radius 3 is 2.31 bits per heavy atom. The lowest BCUT2D eigenvalue weighted by atomic mass is 9.87. The predicted molar refractivity (Wildman–Crippen MR) is 142 cm³/mol. The molecule has 36 heavy (non-hydrogen) atoms. The van der Waals surface area contributed by atoms with Crippen molar-refractivity contribution in [3.63, 3.8) is 0 Å². The van der Waals surface area contributed by atoms with Crippen LogP contribution in [0, 0.1) is 0 Å². The maximum Gasteiger partial charge on any atom is 0.254 e. The van der Waals surface area contributed by atoms with Gasteiger partial charge in [0.1, 0.15) is 12.1 Å². The minimum atomic E-state index is -0.995. The van der Waals surface area contributed by atoms with Crippen LogP contribution in [0.3, 0.4) is 0 Å². The van der Waals surface area contributed by atoms with E-state index in [2.05, 4.69) is 42.6 Å². The average molecular weight is 490 g/mol. The molecule has 0 aliphatic carbocycles. The third-order valence-corrected chi connectivity index (χ3v) is 5.75. The first kappa shape index (κ1) is 26.8. The summed E-state index contributed by atoms with van der Waals surface area (Å²) in [7, 11) is 0. The molecule has 0 saturated heterocycles. The molecule has 2 heterocycles. The van der Waals surface area contributed by atoms with Crippen molar-refractivity contribution in [2.24, 2.45) is 4.99 Å². The molecular formula is C28H35N5O3. The molecule has 8 heteroatoms. The second-order valence-corrected chi connectivity index (χ2v) is 10.9. The Balaban J connectivity index is 2.11. The molecule has 1 N–H and O–H groups in total. The average Bonchev–Trinajstić information content (AvgIpc) is 3.31. The normalized spacial score (nSPS) is 16.4. The van der Waals surface area contributed by atoms with E-state index in [9.17, 15) is 14.4 Å². The standard InChI is InChI=1S/C28H35N5O3/c1-8-23(34)32-17-22(30-18-32)26(36)33(21-13-11-20(12-14-21)27(2,3)4)24(19-10-9-15-29-16-19)25(35)31-28(5,6)7/h8-16,18,22,24H,1,17H2,2-7H3,(H,31,35). The van der Waals surface area contributed by atoms with Gasteiger partial charge >= 0.3 is 0 Å². The van der Waals surface area contributed by atoms with Crippen LogP contribution in [0.4, 0.5) is 5.69 Å². The second-order valence-electron chi connectivity index (χ2n) is 10.9. The van der Waals surface area contributed by atoms with Gasteiger partial charge in [0.15, 0.2) is 0 Å². The van der Waals surface area contributed by atoms with Gasteiger partial charge in [-0.1, -0.05) is 45.5 Å². The summed E-state index contributed by atoms with van der Waals surface area (Å²) in [4.78, 5) is 51.1. The van der Waals surface area contributed by atoms with Crippen LogP contribution in [0.2, 0.25) is 0 Å². The molecule has 2 aromatic rings. The van der Waals surface area contributed by atoms with Crippen molar-refractivity contribution in [1.29, 1.82) is 0 Å². The Labute approximate surface area is 213 Å². The van der Waals surface area contributed by atoms with Crippen LogP contribution in [0.15, 0.2) is 66.4 Å². The van der Waals surface area contributed by atoms with Crippen molar-refractivity contribution in [2.45, 2.75) is 64.6 Å². The van der Waals surface area contributed by atoms with Crippen molar-refractivity contribution in [3.05, 3.63) is 72.6 Å². The van der Waals surface area contributed by atoms with Crippen molar-refractivity contribution in [1.82, 2.24) is 15.2 Å². The zero-order valence-electron chi connectivity index (χ0n) is 21.9. The summed E-state index contributed by atoms with van der Waals surface area (Å²) in [5, 5.41) is 3.01. The van der Waals surface area contributed by atoms with Crippen LogP contribution < -0.4 is 10.2 Å². The number of nitrogens with one attached hydrogen (secondary N) is 1. The zero-order chi connectivity index (χ0) is 26.7. The molecule has 0 radical (unpaired) electrons. The number of carbonyl (C=O) groups is 3. The Hall–Kier alpha value is -3.81. The number of amides is 3. The van der Waals surface area contributed by atoms with Gasteiger partial charge in [-0.05, 0) is 56.0 Å². The minimum Gasteiger partial charge on any atom is -0.349 e. The molecular weight excluding hydrogens is 454 g/mol. The van der Waals surface area contributed by atoms with Crippen LogP contribution >= 0.6 is 0 Å². The van der Waals surface area contributed by atoms with E-state index in [-0.39, 0.29) is 23.8 Å². The first-order valence-electron chi connectivity index (χ1n) is 11.9. The van der Waals surface area contributed by atoms with Gasteiger partial charge in [0, 0.05) is 29.2 Å². The van der Waals surface area contributed by atoms with Crippen molar-refractivity contribution in [2.75, 3.05) is 11.4 Å². The summed E-state index contributed by atoms with van der Waals surface area (Å²) in [5.74, 6) is -1.08. The number of benzene rings is 1. The summed E-state index contributed by atoms with van der Waals surface area (Å²) >= 11 is 0. The molecule has 8 nitrogen and oxygen atoms in total. The molecule has 2 unspecified atom stereocenters. The molecule has 0 spiro atoms. The summed E-state index contributed by atoms with van der Waals surface area (Å²) in [6.07, 6.45) is 5.73. The van der Waals surface area contributed by atoms with Gasteiger partial charge in [-0.3, -0.25) is 34.2 Å². The van der Waals surface area contributed by atoms with E-state index >= 15 is 0 Å². The van der Waals surface area contributed by atoms with Gasteiger partial charge < -0.3 is 5.32 Å². The third kappa shape index (κ3) is 6.24. The second kappa shape index (κ2) is 10.4. The molecule has 0 saturated carbocycles. The molecule has 190 valence electrons. The van der Waals surface area contributed by atoms with Gasteiger partial charge in [0.2, 0.25) is 5.91 Å². The molecule has 3 amide bonds. The van der Waals surface area contributed by atoms with E-state index in [1.54, 1.807) is 24.5 Å². The first-order valence-corrected chi connectivity index (χ1v) is 11.9. The number of hydrogen-bond acceptors (Lipinski definition) is 5. The van der Waals surface area contributed by atoms with Gasteiger partial charge in [-0.25, -0.2) is 0 Å². The highest BCUT2D eigenvalue weighted by molar-refractivity contribution is 6.06. The Bertz CT molecular complexity index is 1140. The fourth-order valence-corrected chi connectivity index (χ4v) is 3.93. The van der Waals surface area contributed by atoms with Crippen molar-refractivity contribution in [3.8, 4) is 0 Å². The monoisotopic (exact) mass is 489 g/mol. The number of nitrogens with zero attached hydrogens (tertiary/aromatic N) is 4. The van der Waals surface area contributed by atoms with E-state index in [0.29, 0.717) is 11.3 Å². The number of hydrogen-bond donors (Lipinski definition) is 1. The molecule has 3 rings (SSSR count). The molecule has 2 atom stereocenters. The van der Waals surface area contributed by atoms with Crippen molar-refractivity contribution < 1.29 is 14.4 Å². The van der Waals surface area contributed by atoms with Crippen LogP contribution in [0.1, 0.15) is 58.7 Å². The number of anilines is 1. The van der Waals surface area contributed by atoms with Crippen LogP contribution in [0.25, 0.3) is 0 Å². The summed E-state index contributed by atoms with van der Waals surface area (Å²) in [5.41, 5.74) is 1.60. The van der Waals surface area contributed by atoms with Gasteiger partial charge in [0.25, 0.3) is 11.8 Å². The minimum absolute atomic E-state index is 0.0703. The molecule has 0 fully saturated rings. The van der Waals surface area contributed by atoms with Crippen LogP contribution in [-0.4, -0.2) is 52.1 Å². The summed E-state index contributed by atoms with van der Waals surface area (Å²) in [6.45, 7) is 15.6. The lowest BCUT2D eigenvalue weighted by Crippen LogP contribution is -2.52. The maximum absolute atomic E-state index is 14.0. The van der Waals surface area contributed by atoms with E-state index in [4.69, 9.17) is 0 Å². The topological polar surface area (TPSA) is 95.0 Å². The lowest BCUT2D eigenvalue weighted by molar-refractivity contribution is -0.128. The first-order chi connectivity index (χ1) is 16.8. The number of pyridine rings is 1. The predicted octanol–water partition coefficient (Wildman–Crippen LogP) is 3.79. The fourth-order valence-electron chi connectivity index (χ4n) is 3.93. The Morgan fingerprint density at radius 2 is 1.78 bits per heavy atom. The number of carbonyl (C=O) groups excluding carboxylic acids is 3. The van der Waals surface area contributed by atoms with E-state index in [1.165, 1.54) is 22.2 Å². The van der Waals surface area contributed by atoms with Gasteiger partial charge in [-0.2, -0.15) is 0 Å². The van der Waals surface area contributed by atoms with E-state index < -0.39 is 23.5 Å². The molecule has 1 aromatic heterocycles. The third-order valence-electron chi connectivity index (χ3n) is 5.75. The van der Waals surface area contributed by atoms with Crippen LogP contribution in [0.5, 0.6) is 0 Å². The largest absolute Gasteiger partial charge is 0.349 e. The Kier molecular flexibility index (Phi) is 7.77. The maximum atomic E-state index is 14.0. The summed E-state index contributed by atoms with van der Waals surface area (Å²) in [6, 6.07) is 9.26. The highest BCUT2D eigenvalue weighted by atomic mass is 16.2. The molecule has 0 bridgehead atoms. The number of aromatic nitrogens is 1. The zero-order valence-corrected chi connectivity index (χ0v) is 21.9. The number of aliphatic imine (C=N–C) groups is 1. The highest BCUT2D eigenvalue weighted by Gasteiger charge is 2.39. The van der Waals surface area contributed by atoms with Crippen LogP contribution in [-0.2, 0) is 19.8 Å². The molecule has 1 aromatic carbocycles. The van der Waals surface area contributed by atoms with E-state index in [1.807, 2.05) is 45.0 Å².